The van der Waals surface area contributed by atoms with Crippen molar-refractivity contribution in [3.8, 4) is 5.75 Å². The quantitative estimate of drug-likeness (QED) is 0.904. The van der Waals surface area contributed by atoms with Gasteiger partial charge in [0.2, 0.25) is 0 Å². The van der Waals surface area contributed by atoms with Crippen LogP contribution in [-0.4, -0.2) is 35.5 Å². The molecule has 0 atom stereocenters. The van der Waals surface area contributed by atoms with Crippen LogP contribution in [0.25, 0.3) is 10.9 Å². The number of rotatable bonds is 5. The summed E-state index contributed by atoms with van der Waals surface area (Å²) in [6, 6.07) is 5.82. The molecule has 1 aromatic carbocycles. The first-order valence-electron chi connectivity index (χ1n) is 5.56. The second-order valence-electron chi connectivity index (χ2n) is 3.89. The number of carboxylic acid groups (broad SMARTS) is 1. The van der Waals surface area contributed by atoms with Crippen LogP contribution in [-0.2, 0) is 0 Å². The van der Waals surface area contributed by atoms with Gasteiger partial charge in [-0.15, -0.1) is 0 Å². The largest absolute Gasteiger partial charge is 0.485 e. The molecule has 6 heteroatoms. The molecule has 1 heterocycles. The van der Waals surface area contributed by atoms with E-state index in [0.29, 0.717) is 10.9 Å². The van der Waals surface area contributed by atoms with E-state index < -0.39 is 25.4 Å². The van der Waals surface area contributed by atoms with Crippen molar-refractivity contribution in [2.75, 3.05) is 13.3 Å². The van der Waals surface area contributed by atoms with Gasteiger partial charge in [0.05, 0.1) is 11.1 Å². The van der Waals surface area contributed by atoms with Crippen LogP contribution in [0.2, 0.25) is 0 Å². The standard InChI is InChI=1S/C13H11F2NO3/c14-6-9(7-15)19-8-1-2-12-11(5-8)10(13(17)18)3-4-16-12/h1-5,9H,6-7H2,(H,17,18). The van der Waals surface area contributed by atoms with Gasteiger partial charge < -0.3 is 9.84 Å². The fourth-order valence-corrected chi connectivity index (χ4v) is 1.68. The van der Waals surface area contributed by atoms with Crippen molar-refractivity contribution in [2.24, 2.45) is 0 Å². The molecule has 0 aliphatic rings. The summed E-state index contributed by atoms with van der Waals surface area (Å²) in [7, 11) is 0. The first-order valence-corrected chi connectivity index (χ1v) is 5.56. The molecular weight excluding hydrogens is 256 g/mol. The van der Waals surface area contributed by atoms with Crippen LogP contribution in [0.15, 0.2) is 30.5 Å². The third-order valence-electron chi connectivity index (χ3n) is 2.59. The zero-order valence-corrected chi connectivity index (χ0v) is 9.85. The Morgan fingerprint density at radius 1 is 1.32 bits per heavy atom. The lowest BCUT2D eigenvalue weighted by Crippen LogP contribution is -2.21. The minimum absolute atomic E-state index is 0.0625. The van der Waals surface area contributed by atoms with E-state index in [-0.39, 0.29) is 11.3 Å². The number of ether oxygens (including phenoxy) is 1. The van der Waals surface area contributed by atoms with Gasteiger partial charge in [-0.1, -0.05) is 0 Å². The molecule has 1 N–H and O–H groups in total. The lowest BCUT2D eigenvalue weighted by Gasteiger charge is -2.13. The molecule has 1 aromatic heterocycles. The highest BCUT2D eigenvalue weighted by Gasteiger charge is 2.13. The van der Waals surface area contributed by atoms with Crippen LogP contribution in [0.1, 0.15) is 10.4 Å². The van der Waals surface area contributed by atoms with Gasteiger partial charge in [0.15, 0.2) is 6.10 Å². The number of alkyl halides is 2. The highest BCUT2D eigenvalue weighted by molar-refractivity contribution is 6.02. The SMILES string of the molecule is O=C(O)c1ccnc2ccc(OC(CF)CF)cc12. The monoisotopic (exact) mass is 267 g/mol. The van der Waals surface area contributed by atoms with Crippen molar-refractivity contribution >= 4 is 16.9 Å². The molecule has 2 aromatic rings. The molecule has 0 saturated heterocycles. The van der Waals surface area contributed by atoms with Crippen molar-refractivity contribution < 1.29 is 23.4 Å². The number of carbonyl (C=O) groups is 1. The summed E-state index contributed by atoms with van der Waals surface area (Å²) in [5.74, 6) is -0.889. The molecule has 19 heavy (non-hydrogen) atoms. The number of aromatic carboxylic acids is 1. The van der Waals surface area contributed by atoms with Gasteiger partial charge in [-0.05, 0) is 24.3 Å². The summed E-state index contributed by atoms with van der Waals surface area (Å²) in [4.78, 5) is 15.1. The van der Waals surface area contributed by atoms with Gasteiger partial charge in [0, 0.05) is 11.6 Å². The fraction of sp³-hybridized carbons (Fsp3) is 0.231. The van der Waals surface area contributed by atoms with Crippen molar-refractivity contribution in [1.29, 1.82) is 0 Å². The van der Waals surface area contributed by atoms with Crippen molar-refractivity contribution in [2.45, 2.75) is 6.10 Å². The molecule has 0 bridgehead atoms. The number of pyridine rings is 1. The number of hydrogen-bond donors (Lipinski definition) is 1. The molecule has 0 spiro atoms. The highest BCUT2D eigenvalue weighted by atomic mass is 19.1. The average Bonchev–Trinajstić information content (AvgIpc) is 2.43. The smallest absolute Gasteiger partial charge is 0.336 e. The normalized spacial score (nSPS) is 10.9. The predicted octanol–water partition coefficient (Wildman–Crippen LogP) is 2.62. The molecule has 0 aliphatic heterocycles. The third-order valence-corrected chi connectivity index (χ3v) is 2.59. The van der Waals surface area contributed by atoms with Gasteiger partial charge in [0.1, 0.15) is 19.1 Å². The summed E-state index contributed by atoms with van der Waals surface area (Å²) in [5.41, 5.74) is 0.539. The number of benzene rings is 1. The Bertz CT molecular complexity index is 599. The Hall–Kier alpha value is -2.24. The molecular formula is C13H11F2NO3. The van der Waals surface area contributed by atoms with Crippen molar-refractivity contribution in [1.82, 2.24) is 4.98 Å². The number of hydrogen-bond acceptors (Lipinski definition) is 3. The van der Waals surface area contributed by atoms with Crippen LogP contribution in [0.3, 0.4) is 0 Å². The number of carboxylic acids is 1. The summed E-state index contributed by atoms with van der Waals surface area (Å²) >= 11 is 0. The molecule has 0 aliphatic carbocycles. The zero-order chi connectivity index (χ0) is 13.8. The first-order chi connectivity index (χ1) is 9.15. The van der Waals surface area contributed by atoms with Crippen LogP contribution < -0.4 is 4.74 Å². The van der Waals surface area contributed by atoms with E-state index in [1.165, 1.54) is 24.4 Å². The molecule has 0 amide bonds. The number of nitrogens with zero attached hydrogens (tertiary/aromatic N) is 1. The maximum absolute atomic E-state index is 12.4. The maximum atomic E-state index is 12.4. The van der Waals surface area contributed by atoms with Crippen LogP contribution >= 0.6 is 0 Å². The third kappa shape index (κ3) is 2.78. The predicted molar refractivity (Wildman–Crippen MR) is 65.1 cm³/mol. The second-order valence-corrected chi connectivity index (χ2v) is 3.89. The first kappa shape index (κ1) is 13.2. The van der Waals surface area contributed by atoms with Gasteiger partial charge in [0.25, 0.3) is 0 Å². The number of aromatic nitrogens is 1. The summed E-state index contributed by atoms with van der Waals surface area (Å²) in [5, 5.41) is 9.42. The zero-order valence-electron chi connectivity index (χ0n) is 9.85. The van der Waals surface area contributed by atoms with Gasteiger partial charge in [-0.2, -0.15) is 0 Å². The molecule has 0 unspecified atom stereocenters. The molecule has 0 saturated carbocycles. The molecule has 100 valence electrons. The van der Waals surface area contributed by atoms with Crippen LogP contribution in [0, 0.1) is 0 Å². The van der Waals surface area contributed by atoms with E-state index in [1.54, 1.807) is 6.07 Å². The lowest BCUT2D eigenvalue weighted by atomic mass is 10.1. The topological polar surface area (TPSA) is 59.4 Å². The van der Waals surface area contributed by atoms with Gasteiger partial charge >= 0.3 is 5.97 Å². The van der Waals surface area contributed by atoms with E-state index in [0.717, 1.165) is 0 Å². The Kier molecular flexibility index (Phi) is 3.89. The molecule has 2 rings (SSSR count). The van der Waals surface area contributed by atoms with Crippen LogP contribution in [0.5, 0.6) is 5.75 Å². The lowest BCUT2D eigenvalue weighted by molar-refractivity contribution is 0.0699. The van der Waals surface area contributed by atoms with Crippen molar-refractivity contribution in [3.63, 3.8) is 0 Å². The van der Waals surface area contributed by atoms with Gasteiger partial charge in [-0.3, -0.25) is 4.98 Å². The molecule has 0 fully saturated rings. The highest BCUT2D eigenvalue weighted by Crippen LogP contribution is 2.23. The van der Waals surface area contributed by atoms with Gasteiger partial charge in [-0.25, -0.2) is 13.6 Å². The van der Waals surface area contributed by atoms with E-state index >= 15 is 0 Å². The summed E-state index contributed by atoms with van der Waals surface area (Å²) < 4.78 is 29.9. The average molecular weight is 267 g/mol. The van der Waals surface area contributed by atoms with E-state index in [2.05, 4.69) is 4.98 Å². The minimum atomic E-state index is -1.18. The molecule has 4 nitrogen and oxygen atoms in total. The number of halogens is 2. The Labute approximate surface area is 107 Å². The maximum Gasteiger partial charge on any atom is 0.336 e. The minimum Gasteiger partial charge on any atom is -0.485 e. The van der Waals surface area contributed by atoms with E-state index in [9.17, 15) is 13.6 Å². The molecule has 0 radical (unpaired) electrons. The van der Waals surface area contributed by atoms with Crippen LogP contribution in [0.4, 0.5) is 8.78 Å². The number of fused-ring (bicyclic) bond motifs is 1. The van der Waals surface area contributed by atoms with Crippen molar-refractivity contribution in [3.05, 3.63) is 36.0 Å². The van der Waals surface area contributed by atoms with E-state index in [1.807, 2.05) is 0 Å². The summed E-state index contributed by atoms with van der Waals surface area (Å²) in [6.45, 7) is -1.90. The Morgan fingerprint density at radius 3 is 2.68 bits per heavy atom. The second kappa shape index (κ2) is 5.60. The Morgan fingerprint density at radius 2 is 2.05 bits per heavy atom. The Balaban J connectivity index is 2.43. The van der Waals surface area contributed by atoms with E-state index in [4.69, 9.17) is 9.84 Å². The fourth-order valence-electron chi connectivity index (χ4n) is 1.68. The summed E-state index contributed by atoms with van der Waals surface area (Å²) in [6.07, 6.45) is 0.209.